The Morgan fingerprint density at radius 3 is 2.53 bits per heavy atom. The molecule has 1 heterocycles. The lowest BCUT2D eigenvalue weighted by molar-refractivity contribution is -0.141. The zero-order valence-electron chi connectivity index (χ0n) is 10.7. The van der Waals surface area contributed by atoms with Gasteiger partial charge < -0.3 is 4.90 Å². The Bertz CT molecular complexity index is 458. The molecule has 1 saturated carbocycles. The van der Waals surface area contributed by atoms with Crippen LogP contribution in [0.1, 0.15) is 25.5 Å². The van der Waals surface area contributed by atoms with E-state index in [0.717, 1.165) is 18.9 Å². The van der Waals surface area contributed by atoms with Gasteiger partial charge in [-0.05, 0) is 25.7 Å². The van der Waals surface area contributed by atoms with Crippen LogP contribution in [0.3, 0.4) is 0 Å². The van der Waals surface area contributed by atoms with Crippen molar-refractivity contribution in [2.24, 2.45) is 11.8 Å². The zero-order chi connectivity index (χ0) is 14.2. The van der Waals surface area contributed by atoms with E-state index in [1.54, 1.807) is 11.9 Å². The van der Waals surface area contributed by atoms with Crippen LogP contribution in [0.2, 0.25) is 0 Å². The van der Waals surface area contributed by atoms with E-state index in [4.69, 9.17) is 5.84 Å². The number of hydrogen-bond acceptors (Lipinski definition) is 5. The van der Waals surface area contributed by atoms with Crippen molar-refractivity contribution in [3.8, 4) is 0 Å². The van der Waals surface area contributed by atoms with E-state index >= 15 is 0 Å². The molecule has 106 valence electrons. The van der Waals surface area contributed by atoms with Crippen LogP contribution in [0.4, 0.5) is 24.9 Å². The minimum Gasteiger partial charge on any atom is -0.357 e. The number of nitrogens with one attached hydrogen (secondary N) is 1. The van der Waals surface area contributed by atoms with Crippen molar-refractivity contribution in [1.82, 2.24) is 9.97 Å². The molecule has 0 amide bonds. The number of hydrogen-bond donors (Lipinski definition) is 2. The average Bonchev–Trinajstić information content (AvgIpc) is 3.19. The molecule has 0 aliphatic heterocycles. The summed E-state index contributed by atoms with van der Waals surface area (Å²) in [6.07, 6.45) is -2.32. The molecule has 1 unspecified atom stereocenters. The lowest BCUT2D eigenvalue weighted by atomic mass is 10.2. The van der Waals surface area contributed by atoms with Gasteiger partial charge in [-0.15, -0.1) is 0 Å². The third-order valence-corrected chi connectivity index (χ3v) is 3.41. The summed E-state index contributed by atoms with van der Waals surface area (Å²) in [4.78, 5) is 9.03. The van der Waals surface area contributed by atoms with Gasteiger partial charge in [-0.3, -0.25) is 5.43 Å². The SMILES string of the molecule is CC(C1CC1)N(C)c1cc(C(F)(F)F)nc(NN)n1. The van der Waals surface area contributed by atoms with Gasteiger partial charge in [0, 0.05) is 19.2 Å². The first kappa shape index (κ1) is 13.9. The van der Waals surface area contributed by atoms with Crippen molar-refractivity contribution in [2.45, 2.75) is 32.0 Å². The van der Waals surface area contributed by atoms with Crippen molar-refractivity contribution in [3.05, 3.63) is 11.8 Å². The molecule has 0 aromatic carbocycles. The van der Waals surface area contributed by atoms with Crippen molar-refractivity contribution in [3.63, 3.8) is 0 Å². The smallest absolute Gasteiger partial charge is 0.357 e. The molecule has 5 nitrogen and oxygen atoms in total. The van der Waals surface area contributed by atoms with Crippen molar-refractivity contribution < 1.29 is 13.2 Å². The van der Waals surface area contributed by atoms with Crippen LogP contribution < -0.4 is 16.2 Å². The Balaban J connectivity index is 2.33. The molecular weight excluding hydrogens is 259 g/mol. The number of aromatic nitrogens is 2. The largest absolute Gasteiger partial charge is 0.433 e. The molecule has 1 aromatic rings. The Morgan fingerprint density at radius 2 is 2.05 bits per heavy atom. The summed E-state index contributed by atoms with van der Waals surface area (Å²) < 4.78 is 38.2. The molecule has 1 aliphatic carbocycles. The quantitative estimate of drug-likeness (QED) is 0.650. The van der Waals surface area contributed by atoms with E-state index in [0.29, 0.717) is 5.92 Å². The molecule has 1 atom stereocenters. The summed E-state index contributed by atoms with van der Waals surface area (Å²) in [5.41, 5.74) is 1.07. The van der Waals surface area contributed by atoms with Crippen LogP contribution >= 0.6 is 0 Å². The van der Waals surface area contributed by atoms with Crippen LogP contribution in [0.5, 0.6) is 0 Å². The predicted molar refractivity (Wildman–Crippen MR) is 65.4 cm³/mol. The lowest BCUT2D eigenvalue weighted by Crippen LogP contribution is -2.32. The van der Waals surface area contributed by atoms with Gasteiger partial charge in [0.15, 0.2) is 5.69 Å². The molecule has 0 bridgehead atoms. The van der Waals surface area contributed by atoms with Crippen LogP contribution in [0.15, 0.2) is 6.07 Å². The summed E-state index contributed by atoms with van der Waals surface area (Å²) in [6, 6.07) is 1.08. The van der Waals surface area contributed by atoms with E-state index < -0.39 is 11.9 Å². The fourth-order valence-corrected chi connectivity index (χ4v) is 1.93. The van der Waals surface area contributed by atoms with E-state index in [9.17, 15) is 13.2 Å². The average molecular weight is 275 g/mol. The molecule has 1 aromatic heterocycles. The Kier molecular flexibility index (Phi) is 3.53. The number of hydrazine groups is 1. The second-order valence-electron chi connectivity index (χ2n) is 4.77. The minimum atomic E-state index is -4.52. The first-order valence-electron chi connectivity index (χ1n) is 5.98. The van der Waals surface area contributed by atoms with E-state index in [2.05, 4.69) is 15.4 Å². The molecule has 2 rings (SSSR count). The van der Waals surface area contributed by atoms with E-state index in [1.807, 2.05) is 6.92 Å². The van der Waals surface area contributed by atoms with Gasteiger partial charge in [-0.25, -0.2) is 10.8 Å². The highest BCUT2D eigenvalue weighted by molar-refractivity contribution is 5.45. The molecule has 3 N–H and O–H groups in total. The normalized spacial score (nSPS) is 17.2. The summed E-state index contributed by atoms with van der Waals surface area (Å²) in [6.45, 7) is 1.97. The van der Waals surface area contributed by atoms with Gasteiger partial charge in [-0.2, -0.15) is 18.2 Å². The first-order valence-corrected chi connectivity index (χ1v) is 5.98. The maximum Gasteiger partial charge on any atom is 0.433 e. The number of halogens is 3. The summed E-state index contributed by atoms with van der Waals surface area (Å²) in [5, 5.41) is 0. The number of anilines is 2. The zero-order valence-corrected chi connectivity index (χ0v) is 10.7. The lowest BCUT2D eigenvalue weighted by Gasteiger charge is -2.26. The van der Waals surface area contributed by atoms with Gasteiger partial charge in [0.2, 0.25) is 5.95 Å². The number of rotatable bonds is 4. The Morgan fingerprint density at radius 1 is 1.42 bits per heavy atom. The monoisotopic (exact) mass is 275 g/mol. The van der Waals surface area contributed by atoms with Gasteiger partial charge in [0.1, 0.15) is 5.82 Å². The molecule has 1 aliphatic rings. The summed E-state index contributed by atoms with van der Waals surface area (Å²) >= 11 is 0. The highest BCUT2D eigenvalue weighted by Gasteiger charge is 2.35. The molecule has 0 spiro atoms. The predicted octanol–water partition coefficient (Wildman–Crippen LogP) is 2.02. The molecule has 8 heteroatoms. The van der Waals surface area contributed by atoms with Gasteiger partial charge in [0.05, 0.1) is 0 Å². The number of nitrogens with two attached hydrogens (primary N) is 1. The Hall–Kier alpha value is -1.57. The number of alkyl halides is 3. The van der Waals surface area contributed by atoms with Crippen molar-refractivity contribution in [2.75, 3.05) is 17.4 Å². The second kappa shape index (κ2) is 4.84. The molecule has 1 fully saturated rings. The van der Waals surface area contributed by atoms with Crippen molar-refractivity contribution in [1.29, 1.82) is 0 Å². The Labute approximate surface area is 109 Å². The number of nitrogen functional groups attached to an aromatic ring is 1. The molecular formula is C11H16F3N5. The highest BCUT2D eigenvalue weighted by Crippen LogP contribution is 2.37. The topological polar surface area (TPSA) is 67.1 Å². The maximum atomic E-state index is 12.7. The summed E-state index contributed by atoms with van der Waals surface area (Å²) in [7, 11) is 1.73. The summed E-state index contributed by atoms with van der Waals surface area (Å²) in [5.74, 6) is 5.62. The maximum absolute atomic E-state index is 12.7. The highest BCUT2D eigenvalue weighted by atomic mass is 19.4. The fourth-order valence-electron chi connectivity index (χ4n) is 1.93. The van der Waals surface area contributed by atoms with E-state index in [1.165, 1.54) is 0 Å². The van der Waals surface area contributed by atoms with Gasteiger partial charge >= 0.3 is 6.18 Å². The van der Waals surface area contributed by atoms with Crippen LogP contribution in [-0.4, -0.2) is 23.1 Å². The second-order valence-corrected chi connectivity index (χ2v) is 4.77. The third kappa shape index (κ3) is 3.06. The van der Waals surface area contributed by atoms with Gasteiger partial charge in [-0.1, -0.05) is 0 Å². The van der Waals surface area contributed by atoms with Crippen LogP contribution in [0.25, 0.3) is 0 Å². The molecule has 19 heavy (non-hydrogen) atoms. The minimum absolute atomic E-state index is 0.140. The fraction of sp³-hybridized carbons (Fsp3) is 0.636. The standard InChI is InChI=1S/C11H16F3N5/c1-6(7-3-4-7)19(2)9-5-8(11(12,13)14)16-10(17-9)18-15/h5-7H,3-4,15H2,1-2H3,(H,16,17,18). The first-order chi connectivity index (χ1) is 8.82. The van der Waals surface area contributed by atoms with Crippen molar-refractivity contribution >= 4 is 11.8 Å². The van der Waals surface area contributed by atoms with Crippen LogP contribution in [0, 0.1) is 5.92 Å². The van der Waals surface area contributed by atoms with Gasteiger partial charge in [0.25, 0.3) is 0 Å². The molecule has 0 radical (unpaired) electrons. The molecule has 0 saturated heterocycles. The number of nitrogens with zero attached hydrogens (tertiary/aromatic N) is 3. The third-order valence-electron chi connectivity index (χ3n) is 3.41. The van der Waals surface area contributed by atoms with Crippen LogP contribution in [-0.2, 0) is 6.18 Å². The van der Waals surface area contributed by atoms with E-state index in [-0.39, 0.29) is 17.8 Å².